The van der Waals surface area contributed by atoms with Crippen LogP contribution in [0.15, 0.2) is 70.6 Å². The third kappa shape index (κ3) is 4.77. The van der Waals surface area contributed by atoms with Gasteiger partial charge in [-0.1, -0.05) is 42.1 Å². The topological polar surface area (TPSA) is 69.9 Å². The van der Waals surface area contributed by atoms with Crippen LogP contribution in [0.5, 0.6) is 5.75 Å². The summed E-state index contributed by atoms with van der Waals surface area (Å²) in [7, 11) is 1.64. The average Bonchev–Trinajstić information content (AvgIpc) is 3.47. The van der Waals surface area contributed by atoms with Crippen LogP contribution in [0.3, 0.4) is 0 Å². The van der Waals surface area contributed by atoms with Gasteiger partial charge in [-0.25, -0.2) is 4.98 Å². The molecule has 4 rings (SSSR count). The van der Waals surface area contributed by atoms with E-state index in [9.17, 15) is 4.79 Å². The molecule has 30 heavy (non-hydrogen) atoms. The van der Waals surface area contributed by atoms with E-state index in [4.69, 9.17) is 4.74 Å². The van der Waals surface area contributed by atoms with E-state index in [1.807, 2.05) is 42.5 Å². The molecule has 152 valence electrons. The third-order valence-corrected chi connectivity index (χ3v) is 6.14. The monoisotopic (exact) mass is 436 g/mol. The number of thioether (sulfide) groups is 1. The van der Waals surface area contributed by atoms with Gasteiger partial charge in [-0.3, -0.25) is 4.79 Å². The zero-order chi connectivity index (χ0) is 20.8. The van der Waals surface area contributed by atoms with Gasteiger partial charge in [-0.15, -0.1) is 21.5 Å². The highest BCUT2D eigenvalue weighted by atomic mass is 32.2. The molecule has 4 aromatic rings. The number of Topliss-reactive ketones (excluding diaryl/α,β-unsaturated/α-hetero) is 1. The quantitative estimate of drug-likeness (QED) is 0.281. The highest BCUT2D eigenvalue weighted by Crippen LogP contribution is 2.26. The Morgan fingerprint density at radius 2 is 1.90 bits per heavy atom. The molecule has 0 saturated carbocycles. The number of hydrogen-bond acceptors (Lipinski definition) is 7. The molecule has 0 unspecified atom stereocenters. The van der Waals surface area contributed by atoms with Crippen LogP contribution in [0.1, 0.15) is 16.1 Å². The molecule has 0 aliphatic rings. The van der Waals surface area contributed by atoms with E-state index in [2.05, 4.69) is 31.9 Å². The van der Waals surface area contributed by atoms with Crippen LogP contribution < -0.4 is 4.74 Å². The number of ether oxygens (including phenoxy) is 1. The number of aromatic nitrogens is 4. The summed E-state index contributed by atoms with van der Waals surface area (Å²) in [5.41, 5.74) is 4.36. The lowest BCUT2D eigenvalue weighted by atomic mass is 10.1. The van der Waals surface area contributed by atoms with Crippen molar-refractivity contribution in [3.63, 3.8) is 0 Å². The van der Waals surface area contributed by atoms with Crippen LogP contribution in [0.4, 0.5) is 0 Å². The van der Waals surface area contributed by atoms with Crippen LogP contribution >= 0.6 is 23.1 Å². The number of rotatable bonds is 9. The van der Waals surface area contributed by atoms with Crippen molar-refractivity contribution in [1.82, 2.24) is 19.7 Å². The van der Waals surface area contributed by atoms with Crippen molar-refractivity contribution >= 4 is 28.9 Å². The first-order valence-electron chi connectivity index (χ1n) is 9.40. The average molecular weight is 437 g/mol. The molecule has 6 nitrogen and oxygen atoms in total. The lowest BCUT2D eigenvalue weighted by Gasteiger charge is -2.11. The van der Waals surface area contributed by atoms with Crippen molar-refractivity contribution in [2.45, 2.75) is 18.1 Å². The van der Waals surface area contributed by atoms with Crippen molar-refractivity contribution in [3.05, 3.63) is 76.7 Å². The number of aryl methyl sites for hydroxylation is 1. The van der Waals surface area contributed by atoms with Crippen molar-refractivity contribution in [3.8, 4) is 17.1 Å². The molecule has 0 atom stereocenters. The number of methoxy groups -OCH3 is 1. The Hall–Kier alpha value is -2.97. The van der Waals surface area contributed by atoms with Gasteiger partial charge in [0.1, 0.15) is 11.4 Å². The maximum absolute atomic E-state index is 12.4. The molecule has 0 aliphatic carbocycles. The molecule has 0 N–H and O–H groups in total. The minimum atomic E-state index is -0.00939. The second-order valence-corrected chi connectivity index (χ2v) is 8.17. The molecule has 2 heterocycles. The molecular formula is C22H20N4O2S2. The van der Waals surface area contributed by atoms with E-state index in [1.165, 1.54) is 28.7 Å². The first-order chi connectivity index (χ1) is 14.7. The summed E-state index contributed by atoms with van der Waals surface area (Å²) < 4.78 is 7.33. The Morgan fingerprint density at radius 1 is 1.10 bits per heavy atom. The number of hydrogen-bond donors (Lipinski definition) is 0. The van der Waals surface area contributed by atoms with Gasteiger partial charge < -0.3 is 9.30 Å². The Bertz CT molecular complexity index is 1090. The van der Waals surface area contributed by atoms with E-state index in [0.29, 0.717) is 12.2 Å². The summed E-state index contributed by atoms with van der Waals surface area (Å²) in [6.07, 6.45) is 0.843. The summed E-state index contributed by atoms with van der Waals surface area (Å²) >= 11 is 2.81. The third-order valence-electron chi connectivity index (χ3n) is 4.58. The molecule has 0 saturated heterocycles. The van der Waals surface area contributed by atoms with Crippen molar-refractivity contribution in [1.29, 1.82) is 0 Å². The summed E-state index contributed by atoms with van der Waals surface area (Å²) in [4.78, 5) is 16.5. The van der Waals surface area contributed by atoms with E-state index in [0.717, 1.165) is 28.7 Å². The molecule has 0 radical (unpaired) electrons. The Kier molecular flexibility index (Phi) is 6.56. The van der Waals surface area contributed by atoms with Crippen molar-refractivity contribution in [2.75, 3.05) is 12.9 Å². The molecule has 2 aromatic heterocycles. The minimum Gasteiger partial charge on any atom is -0.497 e. The molecule has 8 heteroatoms. The smallest absolute Gasteiger partial charge is 0.192 e. The Labute approximate surface area is 183 Å². The van der Waals surface area contributed by atoms with Crippen molar-refractivity contribution < 1.29 is 9.53 Å². The van der Waals surface area contributed by atoms with Gasteiger partial charge in [0.25, 0.3) is 0 Å². The molecule has 0 amide bonds. The molecule has 0 bridgehead atoms. The first kappa shape index (κ1) is 20.3. The van der Waals surface area contributed by atoms with Gasteiger partial charge in [-0.2, -0.15) is 0 Å². The molecule has 0 fully saturated rings. The zero-order valence-corrected chi connectivity index (χ0v) is 18.0. The summed E-state index contributed by atoms with van der Waals surface area (Å²) in [6.45, 7) is 0.714. The van der Waals surface area contributed by atoms with Gasteiger partial charge in [-0.05, 0) is 36.2 Å². The molecule has 0 spiro atoms. The summed E-state index contributed by atoms with van der Waals surface area (Å²) in [6, 6.07) is 18.0. The number of carbonyl (C=O) groups is 1. The largest absolute Gasteiger partial charge is 0.497 e. The maximum atomic E-state index is 12.4. The second-order valence-electron chi connectivity index (χ2n) is 6.51. The Morgan fingerprint density at radius 3 is 2.60 bits per heavy atom. The number of carbonyl (C=O) groups excluding carboxylic acids is 1. The summed E-state index contributed by atoms with van der Waals surface area (Å²) in [5.74, 6) is 1.83. The van der Waals surface area contributed by atoms with Crippen LogP contribution in [-0.2, 0) is 13.0 Å². The highest BCUT2D eigenvalue weighted by molar-refractivity contribution is 7.99. The van der Waals surface area contributed by atoms with Gasteiger partial charge >= 0.3 is 0 Å². The van der Waals surface area contributed by atoms with Gasteiger partial charge in [0.15, 0.2) is 16.8 Å². The van der Waals surface area contributed by atoms with Crippen LogP contribution in [-0.4, -0.2) is 38.4 Å². The lowest BCUT2D eigenvalue weighted by molar-refractivity contribution is 0.101. The molecule has 2 aromatic carbocycles. The van der Waals surface area contributed by atoms with Crippen LogP contribution in [0.2, 0.25) is 0 Å². The fraction of sp³-hybridized carbons (Fsp3) is 0.182. The molecular weight excluding hydrogens is 416 g/mol. The van der Waals surface area contributed by atoms with E-state index in [1.54, 1.807) is 18.0 Å². The normalized spacial score (nSPS) is 10.8. The predicted octanol–water partition coefficient (Wildman–Crippen LogP) is 4.63. The standard InChI is InChI=1S/C22H20N4O2S2/c1-28-18-9-7-17(8-10-18)21-24-25-22(30-14-20(27)19-13-29-15-23-19)26(21)12-11-16-5-3-2-4-6-16/h2-10,13,15H,11-12,14H2,1H3. The lowest BCUT2D eigenvalue weighted by Crippen LogP contribution is -2.08. The maximum Gasteiger partial charge on any atom is 0.192 e. The fourth-order valence-corrected chi connectivity index (χ4v) is 4.39. The van der Waals surface area contributed by atoms with Gasteiger partial charge in [0, 0.05) is 17.5 Å². The minimum absolute atomic E-state index is 0.00939. The van der Waals surface area contributed by atoms with Crippen LogP contribution in [0.25, 0.3) is 11.4 Å². The van der Waals surface area contributed by atoms with Crippen LogP contribution in [0, 0.1) is 0 Å². The fourth-order valence-electron chi connectivity index (χ4n) is 2.99. The van der Waals surface area contributed by atoms with E-state index < -0.39 is 0 Å². The second kappa shape index (κ2) is 9.69. The van der Waals surface area contributed by atoms with E-state index in [-0.39, 0.29) is 11.5 Å². The number of benzene rings is 2. The Balaban J connectivity index is 1.58. The SMILES string of the molecule is COc1ccc(-c2nnc(SCC(=O)c3cscn3)n2CCc2ccccc2)cc1. The number of ketones is 1. The van der Waals surface area contributed by atoms with E-state index >= 15 is 0 Å². The number of thiazole rings is 1. The summed E-state index contributed by atoms with van der Waals surface area (Å²) in [5, 5.41) is 11.3. The first-order valence-corrected chi connectivity index (χ1v) is 11.3. The van der Waals surface area contributed by atoms with Gasteiger partial charge in [0.05, 0.1) is 18.4 Å². The zero-order valence-electron chi connectivity index (χ0n) is 16.4. The number of nitrogens with zero attached hydrogens (tertiary/aromatic N) is 4. The van der Waals surface area contributed by atoms with Crippen molar-refractivity contribution in [2.24, 2.45) is 0 Å². The van der Waals surface area contributed by atoms with Gasteiger partial charge in [0.2, 0.25) is 0 Å². The molecule has 0 aliphatic heterocycles. The highest BCUT2D eigenvalue weighted by Gasteiger charge is 2.17. The predicted molar refractivity (Wildman–Crippen MR) is 119 cm³/mol.